The summed E-state index contributed by atoms with van der Waals surface area (Å²) in [6, 6.07) is 1.83. The standard InChI is InChI=1S/C13H17ClFNO4S/c1-3-5-16(6-4-2)21(19,20)11-8-9(14)7-10(12(11)15)13(17)18/h7-8H,3-6H2,1-2H3,(H,17,18). The summed E-state index contributed by atoms with van der Waals surface area (Å²) in [5.74, 6) is -2.85. The van der Waals surface area contributed by atoms with Gasteiger partial charge in [-0.2, -0.15) is 4.31 Å². The SMILES string of the molecule is CCCN(CCC)S(=O)(=O)c1cc(Cl)cc(C(=O)O)c1F. The van der Waals surface area contributed by atoms with Gasteiger partial charge in [0.15, 0.2) is 5.82 Å². The summed E-state index contributed by atoms with van der Waals surface area (Å²) in [6.45, 7) is 4.05. The summed E-state index contributed by atoms with van der Waals surface area (Å²) >= 11 is 5.72. The van der Waals surface area contributed by atoms with Gasteiger partial charge < -0.3 is 5.11 Å². The average molecular weight is 338 g/mol. The third-order valence-electron chi connectivity index (χ3n) is 2.80. The number of aromatic carboxylic acids is 1. The van der Waals surface area contributed by atoms with Crippen LogP contribution in [-0.4, -0.2) is 36.9 Å². The van der Waals surface area contributed by atoms with Gasteiger partial charge in [-0.3, -0.25) is 0 Å². The molecule has 0 bridgehead atoms. The number of hydrogen-bond acceptors (Lipinski definition) is 3. The monoisotopic (exact) mass is 337 g/mol. The number of halogens is 2. The van der Waals surface area contributed by atoms with E-state index < -0.39 is 32.3 Å². The zero-order valence-corrected chi connectivity index (χ0v) is 13.3. The number of nitrogens with zero attached hydrogens (tertiary/aromatic N) is 1. The zero-order valence-electron chi connectivity index (χ0n) is 11.8. The molecule has 8 heteroatoms. The topological polar surface area (TPSA) is 74.7 Å². The molecule has 21 heavy (non-hydrogen) atoms. The normalized spacial score (nSPS) is 11.9. The van der Waals surface area contributed by atoms with Crippen molar-refractivity contribution in [1.82, 2.24) is 4.31 Å². The molecule has 0 aromatic heterocycles. The van der Waals surface area contributed by atoms with Gasteiger partial charge in [0.2, 0.25) is 10.0 Å². The van der Waals surface area contributed by atoms with Crippen LogP contribution >= 0.6 is 11.6 Å². The van der Waals surface area contributed by atoms with Crippen molar-refractivity contribution in [1.29, 1.82) is 0 Å². The van der Waals surface area contributed by atoms with Crippen LogP contribution in [0.3, 0.4) is 0 Å². The van der Waals surface area contributed by atoms with Crippen molar-refractivity contribution in [3.05, 3.63) is 28.5 Å². The second kappa shape index (κ2) is 7.20. The van der Waals surface area contributed by atoms with Crippen molar-refractivity contribution < 1.29 is 22.7 Å². The molecule has 0 heterocycles. The van der Waals surface area contributed by atoms with Gasteiger partial charge in [-0.15, -0.1) is 0 Å². The molecule has 5 nitrogen and oxygen atoms in total. The first-order valence-corrected chi connectivity index (χ1v) is 8.30. The molecule has 0 aliphatic carbocycles. The summed E-state index contributed by atoms with van der Waals surface area (Å²) in [5.41, 5.74) is -0.756. The molecule has 0 atom stereocenters. The van der Waals surface area contributed by atoms with Crippen LogP contribution in [0.4, 0.5) is 4.39 Å². The molecule has 1 aromatic carbocycles. The van der Waals surface area contributed by atoms with E-state index in [1.54, 1.807) is 13.8 Å². The van der Waals surface area contributed by atoms with Gasteiger partial charge in [0.1, 0.15) is 4.90 Å². The maximum Gasteiger partial charge on any atom is 0.338 e. The maximum atomic E-state index is 14.2. The zero-order chi connectivity index (χ0) is 16.2. The molecule has 0 fully saturated rings. The fourth-order valence-electron chi connectivity index (χ4n) is 1.90. The molecule has 0 saturated heterocycles. The number of sulfonamides is 1. The van der Waals surface area contributed by atoms with Crippen molar-refractivity contribution in [3.8, 4) is 0 Å². The Labute approximate surface area is 128 Å². The third kappa shape index (κ3) is 3.93. The van der Waals surface area contributed by atoms with Gasteiger partial charge in [0, 0.05) is 18.1 Å². The van der Waals surface area contributed by atoms with Crippen molar-refractivity contribution >= 4 is 27.6 Å². The Bertz CT molecular complexity index is 627. The average Bonchev–Trinajstić information content (AvgIpc) is 2.40. The van der Waals surface area contributed by atoms with Crippen LogP contribution < -0.4 is 0 Å². The minimum Gasteiger partial charge on any atom is -0.478 e. The summed E-state index contributed by atoms with van der Waals surface area (Å²) in [5, 5.41) is 8.78. The number of carbonyl (C=O) groups is 1. The summed E-state index contributed by atoms with van der Waals surface area (Å²) < 4.78 is 40.3. The molecule has 118 valence electrons. The van der Waals surface area contributed by atoms with Gasteiger partial charge in [0.05, 0.1) is 5.56 Å². The Hall–Kier alpha value is -1.18. The number of hydrogen-bond donors (Lipinski definition) is 1. The largest absolute Gasteiger partial charge is 0.478 e. The molecule has 0 radical (unpaired) electrons. The summed E-state index contributed by atoms with van der Waals surface area (Å²) in [7, 11) is -4.12. The molecule has 0 saturated carbocycles. The minimum atomic E-state index is -4.12. The minimum absolute atomic E-state index is 0.139. The maximum absolute atomic E-state index is 14.2. The summed E-state index contributed by atoms with van der Waals surface area (Å²) in [6.07, 6.45) is 1.13. The Morgan fingerprint density at radius 2 is 1.81 bits per heavy atom. The highest BCUT2D eigenvalue weighted by Crippen LogP contribution is 2.26. The third-order valence-corrected chi connectivity index (χ3v) is 4.91. The van der Waals surface area contributed by atoms with Crippen molar-refractivity contribution in [2.45, 2.75) is 31.6 Å². The fraction of sp³-hybridized carbons (Fsp3) is 0.462. The number of carboxylic acids is 1. The quantitative estimate of drug-likeness (QED) is 0.830. The van der Waals surface area contributed by atoms with Crippen LogP contribution in [0.5, 0.6) is 0 Å². The second-order valence-electron chi connectivity index (χ2n) is 4.47. The molecule has 0 spiro atoms. The smallest absolute Gasteiger partial charge is 0.338 e. The van der Waals surface area contributed by atoms with Crippen molar-refractivity contribution in [2.24, 2.45) is 0 Å². The van der Waals surface area contributed by atoms with Gasteiger partial charge in [-0.05, 0) is 25.0 Å². The Morgan fingerprint density at radius 3 is 2.24 bits per heavy atom. The molecular weight excluding hydrogens is 321 g/mol. The van der Waals surface area contributed by atoms with Crippen LogP contribution in [0, 0.1) is 5.82 Å². The molecule has 1 N–H and O–H groups in total. The van der Waals surface area contributed by atoms with E-state index in [4.69, 9.17) is 16.7 Å². The highest BCUT2D eigenvalue weighted by Gasteiger charge is 2.29. The highest BCUT2D eigenvalue weighted by molar-refractivity contribution is 7.89. The van der Waals surface area contributed by atoms with Crippen molar-refractivity contribution in [3.63, 3.8) is 0 Å². The van der Waals surface area contributed by atoms with Gasteiger partial charge in [-0.1, -0.05) is 25.4 Å². The van der Waals surface area contributed by atoms with Crippen LogP contribution in [0.25, 0.3) is 0 Å². The van der Waals surface area contributed by atoms with E-state index >= 15 is 0 Å². The number of carboxylic acid groups (broad SMARTS) is 1. The van der Waals surface area contributed by atoms with E-state index in [0.29, 0.717) is 12.8 Å². The van der Waals surface area contributed by atoms with Crippen LogP contribution in [0.1, 0.15) is 37.0 Å². The lowest BCUT2D eigenvalue weighted by atomic mass is 10.2. The van der Waals surface area contributed by atoms with Crippen molar-refractivity contribution in [2.75, 3.05) is 13.1 Å². The predicted octanol–water partition coefficient (Wildman–Crippen LogP) is 2.99. The molecule has 1 rings (SSSR count). The second-order valence-corrected chi connectivity index (χ2v) is 6.82. The fourth-order valence-corrected chi connectivity index (χ4v) is 3.92. The lowest BCUT2D eigenvalue weighted by molar-refractivity contribution is 0.0691. The highest BCUT2D eigenvalue weighted by atomic mass is 35.5. The van der Waals surface area contributed by atoms with Crippen LogP contribution in [0.15, 0.2) is 17.0 Å². The van der Waals surface area contributed by atoms with E-state index in [-0.39, 0.29) is 18.1 Å². The van der Waals surface area contributed by atoms with Crippen LogP contribution in [0.2, 0.25) is 5.02 Å². The molecule has 0 unspecified atom stereocenters. The molecule has 1 aromatic rings. The Kier molecular flexibility index (Phi) is 6.12. The van der Waals surface area contributed by atoms with Gasteiger partial charge in [-0.25, -0.2) is 17.6 Å². The van der Waals surface area contributed by atoms with E-state index in [1.165, 1.54) is 0 Å². The number of rotatable bonds is 7. The molecule has 0 amide bonds. The van der Waals surface area contributed by atoms with Crippen LogP contribution in [-0.2, 0) is 10.0 Å². The predicted molar refractivity (Wildman–Crippen MR) is 77.7 cm³/mol. The summed E-state index contributed by atoms with van der Waals surface area (Å²) in [4.78, 5) is 10.3. The molecular formula is C13H17ClFNO4S. The first-order valence-electron chi connectivity index (χ1n) is 6.48. The lowest BCUT2D eigenvalue weighted by Gasteiger charge is -2.21. The first kappa shape index (κ1) is 17.9. The van der Waals surface area contributed by atoms with E-state index in [0.717, 1.165) is 16.4 Å². The first-order chi connectivity index (χ1) is 9.75. The molecule has 0 aliphatic heterocycles. The number of benzene rings is 1. The van der Waals surface area contributed by atoms with Gasteiger partial charge in [0.25, 0.3) is 0 Å². The van der Waals surface area contributed by atoms with E-state index in [9.17, 15) is 17.6 Å². The Morgan fingerprint density at radius 1 is 1.29 bits per heavy atom. The Balaban J connectivity index is 3.46. The lowest BCUT2D eigenvalue weighted by Crippen LogP contribution is -2.33. The van der Waals surface area contributed by atoms with Gasteiger partial charge >= 0.3 is 5.97 Å². The molecule has 0 aliphatic rings. The van der Waals surface area contributed by atoms with E-state index in [1.807, 2.05) is 0 Å². The van der Waals surface area contributed by atoms with E-state index in [2.05, 4.69) is 0 Å².